The number of likely N-dealkylation sites (N-methyl/N-ethyl adjacent to an activating group) is 1. The molecule has 2 N–H and O–H groups in total. The zero-order valence-corrected chi connectivity index (χ0v) is 24.0. The number of methoxy groups -OCH3 is 1. The van der Waals surface area contributed by atoms with Gasteiger partial charge in [0.1, 0.15) is 5.37 Å². The van der Waals surface area contributed by atoms with Gasteiger partial charge in [-0.1, -0.05) is 50.7 Å². The van der Waals surface area contributed by atoms with Crippen molar-refractivity contribution in [1.82, 2.24) is 15.1 Å². The number of nitrogens with one attached hydrogen (secondary N) is 1. The first-order chi connectivity index (χ1) is 15.8. The predicted molar refractivity (Wildman–Crippen MR) is 145 cm³/mol. The van der Waals surface area contributed by atoms with Gasteiger partial charge in [0, 0.05) is 17.7 Å². The SMILES string of the molecule is CC.CCN(C)CC(=O)N1CC2=C(C1)SC(c1cccc(C)c1C)N2.COC(C)(C)C(C)(C)O. The number of carbonyl (C=O) groups is 1. The second-order valence-electron chi connectivity index (χ2n) is 9.69. The lowest BCUT2D eigenvalue weighted by Crippen LogP contribution is -2.46. The van der Waals surface area contributed by atoms with Crippen LogP contribution in [-0.2, 0) is 9.53 Å². The third-order valence-electron chi connectivity index (χ3n) is 6.80. The minimum absolute atomic E-state index is 0.217. The van der Waals surface area contributed by atoms with E-state index >= 15 is 0 Å². The quantitative estimate of drug-likeness (QED) is 0.590. The average molecular weight is 494 g/mol. The van der Waals surface area contributed by atoms with E-state index < -0.39 is 11.2 Å². The molecule has 0 aliphatic carbocycles. The lowest BCUT2D eigenvalue weighted by Gasteiger charge is -2.35. The molecule has 1 aromatic carbocycles. The molecular weight excluding hydrogens is 446 g/mol. The predicted octanol–water partition coefficient (Wildman–Crippen LogP) is 4.85. The van der Waals surface area contributed by atoms with Crippen LogP contribution in [0.5, 0.6) is 0 Å². The molecule has 2 aliphatic heterocycles. The minimum atomic E-state index is -0.776. The van der Waals surface area contributed by atoms with Crippen molar-refractivity contribution in [1.29, 1.82) is 0 Å². The zero-order chi connectivity index (χ0) is 26.3. The fourth-order valence-electron chi connectivity index (χ4n) is 3.24. The molecule has 0 aromatic heterocycles. The highest BCUT2D eigenvalue weighted by Gasteiger charge is 2.35. The molecule has 6 nitrogen and oxygen atoms in total. The molecule has 34 heavy (non-hydrogen) atoms. The summed E-state index contributed by atoms with van der Waals surface area (Å²) in [5, 5.41) is 13.3. The Labute approximate surface area is 212 Å². The maximum atomic E-state index is 12.3. The number of rotatable bonds is 6. The van der Waals surface area contributed by atoms with E-state index in [2.05, 4.69) is 44.3 Å². The van der Waals surface area contributed by atoms with Crippen molar-refractivity contribution in [2.24, 2.45) is 0 Å². The van der Waals surface area contributed by atoms with Gasteiger partial charge in [0.25, 0.3) is 0 Å². The molecular formula is C27H47N3O3S. The first-order valence-corrected chi connectivity index (χ1v) is 13.1. The summed E-state index contributed by atoms with van der Waals surface area (Å²) in [6.07, 6.45) is 0. The molecule has 2 heterocycles. The van der Waals surface area contributed by atoms with Crippen molar-refractivity contribution in [2.75, 3.05) is 40.3 Å². The van der Waals surface area contributed by atoms with Crippen LogP contribution < -0.4 is 5.32 Å². The molecule has 0 saturated carbocycles. The van der Waals surface area contributed by atoms with Crippen LogP contribution in [0.1, 0.15) is 70.5 Å². The third-order valence-corrected chi connectivity index (χ3v) is 8.06. The van der Waals surface area contributed by atoms with E-state index in [1.165, 1.54) is 27.3 Å². The van der Waals surface area contributed by atoms with Gasteiger partial charge in [-0.2, -0.15) is 0 Å². The topological polar surface area (TPSA) is 65.0 Å². The molecule has 7 heteroatoms. The molecule has 1 atom stereocenters. The second kappa shape index (κ2) is 13.0. The van der Waals surface area contributed by atoms with Gasteiger partial charge >= 0.3 is 0 Å². The summed E-state index contributed by atoms with van der Waals surface area (Å²) >= 11 is 1.86. The van der Waals surface area contributed by atoms with E-state index in [-0.39, 0.29) is 11.3 Å². The van der Waals surface area contributed by atoms with E-state index in [0.29, 0.717) is 6.54 Å². The Morgan fingerprint density at radius 2 is 1.85 bits per heavy atom. The number of thioether (sulfide) groups is 1. The van der Waals surface area contributed by atoms with E-state index in [4.69, 9.17) is 4.74 Å². The van der Waals surface area contributed by atoms with Crippen molar-refractivity contribution in [3.63, 3.8) is 0 Å². The van der Waals surface area contributed by atoms with Crippen LogP contribution in [0.15, 0.2) is 28.8 Å². The normalized spacial score (nSPS) is 17.6. The molecule has 0 fully saturated rings. The van der Waals surface area contributed by atoms with Gasteiger partial charge in [0.2, 0.25) is 5.91 Å². The van der Waals surface area contributed by atoms with Gasteiger partial charge in [0.15, 0.2) is 0 Å². The van der Waals surface area contributed by atoms with E-state index in [1.54, 1.807) is 21.0 Å². The van der Waals surface area contributed by atoms with E-state index in [9.17, 15) is 9.90 Å². The van der Waals surface area contributed by atoms with Crippen LogP contribution in [0, 0.1) is 13.8 Å². The standard InChI is InChI=1S/C18H25N3OS.C7H16O2.C2H6/c1-5-20(4)11-17(22)21-9-15-16(10-21)23-18(19-15)14-8-6-7-12(2)13(14)3;1-6(2,8)7(3,4)9-5;1-2/h6-8,18-19H,5,9-11H2,1-4H3;8H,1-5H3;1-2H3. The van der Waals surface area contributed by atoms with Crippen molar-refractivity contribution in [3.8, 4) is 0 Å². The molecule has 1 aromatic rings. The molecule has 0 radical (unpaired) electrons. The molecule has 0 spiro atoms. The van der Waals surface area contributed by atoms with E-state index in [1.807, 2.05) is 56.3 Å². The molecule has 3 rings (SSSR count). The lowest BCUT2D eigenvalue weighted by atomic mass is 9.90. The number of ether oxygens (including phenoxy) is 1. The first kappa shape index (κ1) is 30.5. The van der Waals surface area contributed by atoms with Gasteiger partial charge < -0.3 is 20.1 Å². The van der Waals surface area contributed by atoms with Crippen LogP contribution in [-0.4, -0.2) is 72.4 Å². The summed E-state index contributed by atoms with van der Waals surface area (Å²) in [5.74, 6) is 0.217. The van der Waals surface area contributed by atoms with Crippen molar-refractivity contribution in [3.05, 3.63) is 45.5 Å². The first-order valence-electron chi connectivity index (χ1n) is 12.3. The third kappa shape index (κ3) is 7.74. The van der Waals surface area contributed by atoms with Gasteiger partial charge in [0.05, 0.1) is 30.8 Å². The van der Waals surface area contributed by atoms with Gasteiger partial charge in [-0.15, -0.1) is 0 Å². The number of hydrogen-bond donors (Lipinski definition) is 2. The van der Waals surface area contributed by atoms with Crippen molar-refractivity contribution < 1.29 is 14.6 Å². The average Bonchev–Trinajstić information content (AvgIpc) is 3.36. The summed E-state index contributed by atoms with van der Waals surface area (Å²) in [6.45, 7) is 20.5. The number of nitrogens with zero attached hydrogens (tertiary/aromatic N) is 2. The summed E-state index contributed by atoms with van der Waals surface area (Å²) in [6, 6.07) is 6.48. The fourth-order valence-corrected chi connectivity index (χ4v) is 4.60. The zero-order valence-electron chi connectivity index (χ0n) is 23.2. The maximum Gasteiger partial charge on any atom is 0.237 e. The Morgan fingerprint density at radius 1 is 1.24 bits per heavy atom. The van der Waals surface area contributed by atoms with Crippen LogP contribution in [0.3, 0.4) is 0 Å². The molecule has 0 bridgehead atoms. The summed E-state index contributed by atoms with van der Waals surface area (Å²) in [5.41, 5.74) is 4.03. The smallest absolute Gasteiger partial charge is 0.237 e. The fraction of sp³-hybridized carbons (Fsp3) is 0.667. The Kier molecular flexibility index (Phi) is 11.6. The highest BCUT2D eigenvalue weighted by molar-refractivity contribution is 8.03. The number of carbonyl (C=O) groups excluding carboxylic acids is 1. The Hall–Kier alpha value is -1.54. The number of amides is 1. The molecule has 1 amide bonds. The van der Waals surface area contributed by atoms with Crippen molar-refractivity contribution in [2.45, 2.75) is 78.9 Å². The minimum Gasteiger partial charge on any atom is -0.387 e. The van der Waals surface area contributed by atoms with Gasteiger partial charge in [-0.05, 0) is 71.8 Å². The van der Waals surface area contributed by atoms with E-state index in [0.717, 1.165) is 19.6 Å². The maximum absolute atomic E-state index is 12.3. The summed E-state index contributed by atoms with van der Waals surface area (Å²) in [4.78, 5) is 17.6. The van der Waals surface area contributed by atoms with Gasteiger partial charge in [-0.3, -0.25) is 9.69 Å². The highest BCUT2D eigenvalue weighted by Crippen LogP contribution is 2.44. The Morgan fingerprint density at radius 3 is 2.32 bits per heavy atom. The molecule has 1 unspecified atom stereocenters. The molecule has 0 saturated heterocycles. The Balaban J connectivity index is 0.000000446. The molecule has 194 valence electrons. The molecule has 2 aliphatic rings. The lowest BCUT2D eigenvalue weighted by molar-refractivity contribution is -0.130. The van der Waals surface area contributed by atoms with Crippen LogP contribution in [0.4, 0.5) is 0 Å². The van der Waals surface area contributed by atoms with Crippen LogP contribution in [0.25, 0.3) is 0 Å². The number of benzene rings is 1. The summed E-state index contributed by atoms with van der Waals surface area (Å²) in [7, 11) is 3.58. The van der Waals surface area contributed by atoms with Gasteiger partial charge in [-0.25, -0.2) is 0 Å². The number of hydrogen-bond acceptors (Lipinski definition) is 6. The number of aryl methyl sites for hydroxylation is 1. The van der Waals surface area contributed by atoms with Crippen LogP contribution >= 0.6 is 11.8 Å². The summed E-state index contributed by atoms with van der Waals surface area (Å²) < 4.78 is 5.05. The second-order valence-corrected chi connectivity index (χ2v) is 10.9. The largest absolute Gasteiger partial charge is 0.387 e. The van der Waals surface area contributed by atoms with Crippen molar-refractivity contribution >= 4 is 17.7 Å². The highest BCUT2D eigenvalue weighted by atomic mass is 32.2. The van der Waals surface area contributed by atoms with Crippen LogP contribution in [0.2, 0.25) is 0 Å². The monoisotopic (exact) mass is 493 g/mol. The number of aliphatic hydroxyl groups is 1. The Bertz CT molecular complexity index is 828.